The fourth-order valence-electron chi connectivity index (χ4n) is 4.46. The Morgan fingerprint density at radius 2 is 1.74 bits per heavy atom. The minimum Gasteiger partial charge on any atom is -0.303 e. The van der Waals surface area contributed by atoms with Gasteiger partial charge in [-0.15, -0.1) is 0 Å². The number of benzene rings is 1. The van der Waals surface area contributed by atoms with Gasteiger partial charge in [0.05, 0.1) is 6.54 Å². The first kappa shape index (κ1) is 18.4. The van der Waals surface area contributed by atoms with Crippen LogP contribution >= 0.6 is 0 Å². The first-order chi connectivity index (χ1) is 13.1. The van der Waals surface area contributed by atoms with Crippen LogP contribution in [-0.2, 0) is 6.54 Å². The predicted molar refractivity (Wildman–Crippen MR) is 105 cm³/mol. The molecule has 2 fully saturated rings. The summed E-state index contributed by atoms with van der Waals surface area (Å²) in [5, 5.41) is 7.04. The normalized spacial score (nSPS) is 27.3. The van der Waals surface area contributed by atoms with E-state index >= 15 is 0 Å². The molecular weight excluding hydrogens is 340 g/mol. The van der Waals surface area contributed by atoms with Crippen LogP contribution in [0.3, 0.4) is 0 Å². The van der Waals surface area contributed by atoms with Gasteiger partial charge < -0.3 is 4.90 Å². The van der Waals surface area contributed by atoms with E-state index in [1.807, 2.05) is 22.8 Å². The van der Waals surface area contributed by atoms with Crippen LogP contribution in [0.25, 0.3) is 0 Å². The molecule has 4 rings (SSSR count). The summed E-state index contributed by atoms with van der Waals surface area (Å²) in [6, 6.07) is 11.1. The maximum atomic E-state index is 12.3. The number of hydrazine groups is 1. The highest BCUT2D eigenvalue weighted by molar-refractivity contribution is 5.16. The Morgan fingerprint density at radius 3 is 2.41 bits per heavy atom. The smallest absolute Gasteiger partial charge is 0.303 e. The highest BCUT2D eigenvalue weighted by Crippen LogP contribution is 2.27. The molecule has 2 aliphatic rings. The van der Waals surface area contributed by atoms with E-state index in [2.05, 4.69) is 51.9 Å². The second-order valence-corrected chi connectivity index (χ2v) is 8.06. The van der Waals surface area contributed by atoms with Crippen LogP contribution in [0.4, 0.5) is 0 Å². The molecule has 3 heterocycles. The van der Waals surface area contributed by atoms with Gasteiger partial charge in [-0.3, -0.25) is 15.4 Å². The van der Waals surface area contributed by atoms with Crippen molar-refractivity contribution in [3.8, 4) is 0 Å². The third-order valence-corrected chi connectivity index (χ3v) is 6.22. The fraction of sp³-hybridized carbons (Fsp3) is 0.600. The quantitative estimate of drug-likeness (QED) is 0.740. The van der Waals surface area contributed by atoms with Crippen molar-refractivity contribution in [1.82, 2.24) is 30.5 Å². The number of likely N-dealkylation sites (tertiary alicyclic amines) is 1. The van der Waals surface area contributed by atoms with Gasteiger partial charge in [0.2, 0.25) is 0 Å². The molecule has 7 nitrogen and oxygen atoms in total. The second-order valence-electron chi connectivity index (χ2n) is 8.06. The molecule has 0 radical (unpaired) electrons. The highest BCUT2D eigenvalue weighted by atomic mass is 16.1. The van der Waals surface area contributed by atoms with Crippen LogP contribution in [0.1, 0.15) is 44.0 Å². The van der Waals surface area contributed by atoms with Gasteiger partial charge in [-0.05, 0) is 45.3 Å². The SMILES string of the molecule is CC1NNC(C)C1CN1CCC(c2n[nH]c(=O)n2Cc2ccccc2)CC1. The standard InChI is InChI=1S/C20H30N6O/c1-14-18(15(2)22-21-14)13-25-10-8-17(9-11-25)19-23-24-20(27)26(19)12-16-6-4-3-5-7-16/h3-7,14-15,17-18,21-22H,8-13H2,1-2H3,(H,24,27). The minimum absolute atomic E-state index is 0.109. The summed E-state index contributed by atoms with van der Waals surface area (Å²) in [4.78, 5) is 14.8. The molecule has 7 heteroatoms. The van der Waals surface area contributed by atoms with E-state index < -0.39 is 0 Å². The van der Waals surface area contributed by atoms with Crippen LogP contribution < -0.4 is 16.5 Å². The molecule has 146 valence electrons. The molecule has 0 spiro atoms. The Labute approximate surface area is 160 Å². The molecule has 0 bridgehead atoms. The van der Waals surface area contributed by atoms with Gasteiger partial charge in [0, 0.05) is 30.5 Å². The predicted octanol–water partition coefficient (Wildman–Crippen LogP) is 1.30. The van der Waals surface area contributed by atoms with Crippen LogP contribution in [0, 0.1) is 5.92 Å². The Balaban J connectivity index is 1.39. The van der Waals surface area contributed by atoms with E-state index in [-0.39, 0.29) is 5.69 Å². The van der Waals surface area contributed by atoms with Crippen LogP contribution in [0.15, 0.2) is 35.1 Å². The molecule has 2 unspecified atom stereocenters. The van der Waals surface area contributed by atoms with Gasteiger partial charge in [0.15, 0.2) is 0 Å². The fourth-order valence-corrected chi connectivity index (χ4v) is 4.46. The number of piperidine rings is 1. The molecule has 0 amide bonds. The van der Waals surface area contributed by atoms with Crippen LogP contribution in [0.5, 0.6) is 0 Å². The number of aromatic nitrogens is 3. The van der Waals surface area contributed by atoms with Crippen LogP contribution in [-0.4, -0.2) is 51.4 Å². The zero-order valence-electron chi connectivity index (χ0n) is 16.2. The third kappa shape index (κ3) is 4.00. The summed E-state index contributed by atoms with van der Waals surface area (Å²) in [5.74, 6) is 1.89. The molecule has 0 aliphatic carbocycles. The molecule has 3 N–H and O–H groups in total. The summed E-state index contributed by atoms with van der Waals surface area (Å²) in [5.41, 5.74) is 7.72. The number of nitrogens with one attached hydrogen (secondary N) is 3. The average molecular weight is 371 g/mol. The molecule has 27 heavy (non-hydrogen) atoms. The second kappa shape index (κ2) is 7.96. The maximum absolute atomic E-state index is 12.3. The van der Waals surface area contributed by atoms with E-state index in [4.69, 9.17) is 0 Å². The topological polar surface area (TPSA) is 78.0 Å². The highest BCUT2D eigenvalue weighted by Gasteiger charge is 2.33. The van der Waals surface area contributed by atoms with E-state index in [1.165, 1.54) is 0 Å². The van der Waals surface area contributed by atoms with Gasteiger partial charge in [-0.25, -0.2) is 9.89 Å². The Kier molecular flexibility index (Phi) is 5.43. The zero-order valence-corrected chi connectivity index (χ0v) is 16.2. The molecule has 2 aromatic rings. The largest absolute Gasteiger partial charge is 0.343 e. The molecule has 2 aliphatic heterocycles. The lowest BCUT2D eigenvalue weighted by Crippen LogP contribution is -2.41. The Morgan fingerprint density at radius 1 is 1.07 bits per heavy atom. The number of rotatable bonds is 5. The van der Waals surface area contributed by atoms with Crippen molar-refractivity contribution in [2.24, 2.45) is 5.92 Å². The summed E-state index contributed by atoms with van der Waals surface area (Å²) >= 11 is 0. The molecule has 2 atom stereocenters. The van der Waals surface area contributed by atoms with Gasteiger partial charge in [0.25, 0.3) is 0 Å². The average Bonchev–Trinajstić information content (AvgIpc) is 3.20. The van der Waals surface area contributed by atoms with Crippen molar-refractivity contribution in [2.75, 3.05) is 19.6 Å². The summed E-state index contributed by atoms with van der Waals surface area (Å²) in [6.45, 7) is 8.33. The molecular formula is C20H30N6O. The van der Waals surface area contributed by atoms with E-state index in [1.54, 1.807) is 0 Å². The number of nitrogens with zero attached hydrogens (tertiary/aromatic N) is 3. The molecule has 1 aromatic carbocycles. The lowest BCUT2D eigenvalue weighted by atomic mass is 9.92. The van der Waals surface area contributed by atoms with Crippen molar-refractivity contribution in [3.63, 3.8) is 0 Å². The third-order valence-electron chi connectivity index (χ3n) is 6.22. The Hall–Kier alpha value is -1.96. The maximum Gasteiger partial charge on any atom is 0.343 e. The number of aromatic amines is 1. The van der Waals surface area contributed by atoms with Crippen LogP contribution in [0.2, 0.25) is 0 Å². The molecule has 0 saturated carbocycles. The Bertz CT molecular complexity index is 782. The van der Waals surface area contributed by atoms with E-state index in [0.29, 0.717) is 30.5 Å². The van der Waals surface area contributed by atoms with Crippen molar-refractivity contribution in [3.05, 3.63) is 52.2 Å². The lowest BCUT2D eigenvalue weighted by molar-refractivity contribution is 0.170. The number of hydrogen-bond donors (Lipinski definition) is 3. The van der Waals surface area contributed by atoms with Crippen molar-refractivity contribution < 1.29 is 0 Å². The van der Waals surface area contributed by atoms with Crippen molar-refractivity contribution in [2.45, 2.75) is 51.2 Å². The number of H-pyrrole nitrogens is 1. The monoisotopic (exact) mass is 370 g/mol. The summed E-state index contributed by atoms with van der Waals surface area (Å²) in [7, 11) is 0. The van der Waals surface area contributed by atoms with E-state index in [0.717, 1.165) is 43.9 Å². The van der Waals surface area contributed by atoms with E-state index in [9.17, 15) is 4.79 Å². The van der Waals surface area contributed by atoms with Gasteiger partial charge in [0.1, 0.15) is 5.82 Å². The van der Waals surface area contributed by atoms with Crippen molar-refractivity contribution >= 4 is 0 Å². The zero-order chi connectivity index (χ0) is 18.8. The molecule has 1 aromatic heterocycles. The number of hydrogen-bond acceptors (Lipinski definition) is 5. The molecule has 2 saturated heterocycles. The first-order valence-electron chi connectivity index (χ1n) is 10.0. The minimum atomic E-state index is -0.109. The lowest BCUT2D eigenvalue weighted by Gasteiger charge is -2.34. The summed E-state index contributed by atoms with van der Waals surface area (Å²) in [6.07, 6.45) is 2.10. The van der Waals surface area contributed by atoms with Crippen molar-refractivity contribution in [1.29, 1.82) is 0 Å². The first-order valence-corrected chi connectivity index (χ1v) is 10.0. The van der Waals surface area contributed by atoms with Gasteiger partial charge >= 0.3 is 5.69 Å². The van der Waals surface area contributed by atoms with Gasteiger partial charge in [-0.1, -0.05) is 30.3 Å². The van der Waals surface area contributed by atoms with Gasteiger partial charge in [-0.2, -0.15) is 5.10 Å². The summed E-state index contributed by atoms with van der Waals surface area (Å²) < 4.78 is 1.81.